The number of nitrogens with two attached hydrogens (primary N) is 1. The molecule has 1 spiro atoms. The highest BCUT2D eigenvalue weighted by Crippen LogP contribution is 2.57. The van der Waals surface area contributed by atoms with Gasteiger partial charge in [-0.3, -0.25) is 9.80 Å². The molecule has 0 aromatic heterocycles. The summed E-state index contributed by atoms with van der Waals surface area (Å²) in [4.78, 5) is 18.0. The number of nitrogens with zero attached hydrogens (tertiary/aromatic N) is 3. The number of carbonyl (C=O) groups is 1. The molecule has 176 valence electrons. The molecule has 2 heterocycles. The van der Waals surface area contributed by atoms with Crippen LogP contribution in [0.1, 0.15) is 54.7 Å². The lowest BCUT2D eigenvalue weighted by molar-refractivity contribution is 0.0665. The van der Waals surface area contributed by atoms with E-state index in [0.29, 0.717) is 5.56 Å². The summed E-state index contributed by atoms with van der Waals surface area (Å²) in [6, 6.07) is 20.2. The van der Waals surface area contributed by atoms with E-state index >= 15 is 0 Å². The Bertz CT molecular complexity index is 1250. The summed E-state index contributed by atoms with van der Waals surface area (Å²) >= 11 is 0. The van der Waals surface area contributed by atoms with Gasteiger partial charge in [0, 0.05) is 65.9 Å². The van der Waals surface area contributed by atoms with Crippen LogP contribution in [0.3, 0.4) is 0 Å². The molecule has 6 nitrogen and oxygen atoms in total. The number of hydrogen-bond acceptors (Lipinski definition) is 5. The average Bonchev–Trinajstić information content (AvgIpc) is 3.09. The van der Waals surface area contributed by atoms with Crippen LogP contribution < -0.4 is 20.4 Å². The Morgan fingerprint density at radius 3 is 2.06 bits per heavy atom. The zero-order valence-electron chi connectivity index (χ0n) is 20.3. The zero-order chi connectivity index (χ0) is 24.0. The van der Waals surface area contributed by atoms with E-state index in [1.54, 1.807) is 0 Å². The molecule has 1 atom stereocenters. The summed E-state index contributed by atoms with van der Waals surface area (Å²) in [6.07, 6.45) is 0. The zero-order valence-corrected chi connectivity index (χ0v) is 20.3. The van der Waals surface area contributed by atoms with Crippen molar-refractivity contribution >= 4 is 17.3 Å². The maximum atomic E-state index is 13.4. The quantitative estimate of drug-likeness (QED) is 0.413. The molecule has 0 bridgehead atoms. The van der Waals surface area contributed by atoms with Crippen LogP contribution in [-0.4, -0.2) is 37.1 Å². The Morgan fingerprint density at radius 2 is 1.38 bits per heavy atom. The average molecular weight is 457 g/mol. The molecule has 5 rings (SSSR count). The van der Waals surface area contributed by atoms with E-state index < -0.39 is 5.54 Å². The summed E-state index contributed by atoms with van der Waals surface area (Å²) in [5, 5.41) is 1.40. The summed E-state index contributed by atoms with van der Waals surface area (Å²) < 4.78 is 6.51. The lowest BCUT2D eigenvalue weighted by Gasteiger charge is -2.42. The van der Waals surface area contributed by atoms with Gasteiger partial charge in [0.15, 0.2) is 0 Å². The highest BCUT2D eigenvalue weighted by atomic mass is 16.5. The van der Waals surface area contributed by atoms with Gasteiger partial charge in [0.25, 0.3) is 5.91 Å². The van der Waals surface area contributed by atoms with Gasteiger partial charge in [0.2, 0.25) is 0 Å². The van der Waals surface area contributed by atoms with E-state index in [0.717, 1.165) is 65.7 Å². The molecule has 3 aromatic rings. The molecule has 0 aliphatic carbocycles. The van der Waals surface area contributed by atoms with Crippen molar-refractivity contribution in [2.75, 3.05) is 36.0 Å². The van der Waals surface area contributed by atoms with E-state index in [-0.39, 0.29) is 5.91 Å². The summed E-state index contributed by atoms with van der Waals surface area (Å²) in [5.41, 5.74) is 4.50. The predicted octanol–water partition coefficient (Wildman–Crippen LogP) is 5.11. The third-order valence-electron chi connectivity index (χ3n) is 7.31. The van der Waals surface area contributed by atoms with E-state index in [1.165, 1.54) is 5.01 Å². The molecule has 2 N–H and O–H groups in total. The van der Waals surface area contributed by atoms with Gasteiger partial charge < -0.3 is 14.5 Å². The number of carbonyl (C=O) groups excluding carboxylic acids is 1. The van der Waals surface area contributed by atoms with Crippen LogP contribution in [0.2, 0.25) is 0 Å². The smallest absolute Gasteiger partial charge is 0.269 e. The van der Waals surface area contributed by atoms with E-state index in [4.69, 9.17) is 10.6 Å². The van der Waals surface area contributed by atoms with Crippen LogP contribution >= 0.6 is 0 Å². The van der Waals surface area contributed by atoms with Crippen LogP contribution in [-0.2, 0) is 5.54 Å². The Balaban J connectivity index is 1.82. The molecule has 1 amide bonds. The number of fused-ring (bicyclic) bond motifs is 6. The first-order chi connectivity index (χ1) is 16.5. The second kappa shape index (κ2) is 8.37. The topological polar surface area (TPSA) is 62.0 Å². The van der Waals surface area contributed by atoms with Crippen LogP contribution in [0, 0.1) is 0 Å². The molecule has 3 aromatic carbocycles. The predicted molar refractivity (Wildman–Crippen MR) is 137 cm³/mol. The van der Waals surface area contributed by atoms with Crippen molar-refractivity contribution < 1.29 is 9.53 Å². The minimum absolute atomic E-state index is 0.185. The van der Waals surface area contributed by atoms with Crippen LogP contribution in [0.5, 0.6) is 11.5 Å². The number of hydrogen-bond donors (Lipinski definition) is 1. The maximum Gasteiger partial charge on any atom is 0.269 e. The second-order valence-corrected chi connectivity index (χ2v) is 8.74. The molecule has 2 aliphatic rings. The number of rotatable bonds is 6. The van der Waals surface area contributed by atoms with Crippen LogP contribution in [0.15, 0.2) is 60.7 Å². The van der Waals surface area contributed by atoms with Crippen molar-refractivity contribution in [3.05, 3.63) is 82.9 Å². The molecular weight excluding hydrogens is 424 g/mol. The first-order valence-electron chi connectivity index (χ1n) is 12.2. The minimum Gasteiger partial charge on any atom is -0.456 e. The van der Waals surface area contributed by atoms with Gasteiger partial charge >= 0.3 is 0 Å². The lowest BCUT2D eigenvalue weighted by Crippen LogP contribution is -2.51. The summed E-state index contributed by atoms with van der Waals surface area (Å²) in [6.45, 7) is 12.1. The Kier molecular flexibility index (Phi) is 5.48. The van der Waals surface area contributed by atoms with E-state index in [2.05, 4.69) is 67.8 Å². The minimum atomic E-state index is -0.957. The monoisotopic (exact) mass is 456 g/mol. The third kappa shape index (κ3) is 2.95. The molecule has 2 aliphatic heterocycles. The summed E-state index contributed by atoms with van der Waals surface area (Å²) in [7, 11) is 0. The summed E-state index contributed by atoms with van der Waals surface area (Å²) in [5.74, 6) is 7.98. The van der Waals surface area contributed by atoms with Gasteiger partial charge in [-0.15, -0.1) is 0 Å². The van der Waals surface area contributed by atoms with Crippen molar-refractivity contribution in [3.8, 4) is 11.5 Å². The number of hydrazine groups is 1. The lowest BCUT2D eigenvalue weighted by atomic mass is 9.75. The fraction of sp³-hybridized carbons (Fsp3) is 0.321. The molecule has 0 saturated heterocycles. The first kappa shape index (κ1) is 22.3. The number of benzene rings is 3. The highest BCUT2D eigenvalue weighted by Gasteiger charge is 2.55. The van der Waals surface area contributed by atoms with Crippen molar-refractivity contribution in [2.45, 2.75) is 33.2 Å². The largest absolute Gasteiger partial charge is 0.456 e. The Hall–Kier alpha value is -3.51. The van der Waals surface area contributed by atoms with Crippen molar-refractivity contribution in [2.24, 2.45) is 5.84 Å². The number of ether oxygens (including phenoxy) is 1. The standard InChI is InChI=1S/C28H32N4O2/c1-5-30(6-2)19-14-16-25-24(17-19)28(22-12-10-9-11-21(22)27(33)32(28)29)23-15-13-20(18-26(23)34-25)31(7-3)8-4/h9-18H,5-8,29H2,1-4H3. The van der Waals surface area contributed by atoms with Gasteiger partial charge in [-0.1, -0.05) is 24.3 Å². The van der Waals surface area contributed by atoms with Crippen molar-refractivity contribution in [1.82, 2.24) is 5.01 Å². The third-order valence-corrected chi connectivity index (χ3v) is 7.31. The van der Waals surface area contributed by atoms with E-state index in [1.807, 2.05) is 30.3 Å². The van der Waals surface area contributed by atoms with Gasteiger partial charge in [0.1, 0.15) is 17.0 Å². The van der Waals surface area contributed by atoms with Crippen LogP contribution in [0.25, 0.3) is 0 Å². The van der Waals surface area contributed by atoms with Crippen molar-refractivity contribution in [1.29, 1.82) is 0 Å². The Labute approximate surface area is 201 Å². The maximum absolute atomic E-state index is 13.4. The highest BCUT2D eigenvalue weighted by molar-refractivity contribution is 6.02. The molecule has 0 fully saturated rings. The molecule has 1 unspecified atom stereocenters. The first-order valence-corrected chi connectivity index (χ1v) is 12.2. The van der Waals surface area contributed by atoms with Gasteiger partial charge in [-0.2, -0.15) is 0 Å². The van der Waals surface area contributed by atoms with E-state index in [9.17, 15) is 4.79 Å². The molecular formula is C28H32N4O2. The van der Waals surface area contributed by atoms with Crippen LogP contribution in [0.4, 0.5) is 11.4 Å². The van der Waals surface area contributed by atoms with Gasteiger partial charge in [0.05, 0.1) is 0 Å². The fourth-order valence-electron chi connectivity index (χ4n) is 5.57. The second-order valence-electron chi connectivity index (χ2n) is 8.74. The number of anilines is 2. The Morgan fingerprint density at radius 1 is 0.765 bits per heavy atom. The molecule has 0 saturated carbocycles. The molecule has 34 heavy (non-hydrogen) atoms. The van der Waals surface area contributed by atoms with Crippen molar-refractivity contribution in [3.63, 3.8) is 0 Å². The fourth-order valence-corrected chi connectivity index (χ4v) is 5.57. The van der Waals surface area contributed by atoms with Gasteiger partial charge in [-0.05, 0) is 58.0 Å². The van der Waals surface area contributed by atoms with Gasteiger partial charge in [-0.25, -0.2) is 5.84 Å². The molecule has 6 heteroatoms. The number of amides is 1. The normalized spacial score (nSPS) is 17.8. The SMILES string of the molecule is CCN(CC)c1ccc2c(c1)Oc1ccc(N(CC)CC)cc1C21c2ccccc2C(=O)N1N. The molecule has 0 radical (unpaired) electrons.